The standard InChI is InChI=1S/C16H16O4/c17-9-14-7-12-6-13(8-15(18)16(12)20-14)19-10-11-4-2-1-3-5-11/h1-6,8,14,17-18H,7,9-10H2. The maximum Gasteiger partial charge on any atom is 0.165 e. The van der Waals surface area contributed by atoms with Crippen LogP contribution in [0.1, 0.15) is 11.1 Å². The molecule has 20 heavy (non-hydrogen) atoms. The fourth-order valence-corrected chi connectivity index (χ4v) is 2.31. The summed E-state index contributed by atoms with van der Waals surface area (Å²) in [4.78, 5) is 0. The molecule has 4 nitrogen and oxygen atoms in total. The molecule has 4 heteroatoms. The fourth-order valence-electron chi connectivity index (χ4n) is 2.31. The van der Waals surface area contributed by atoms with Crippen LogP contribution in [0.15, 0.2) is 42.5 Å². The monoisotopic (exact) mass is 272 g/mol. The van der Waals surface area contributed by atoms with Crippen LogP contribution >= 0.6 is 0 Å². The Bertz CT molecular complexity index is 595. The number of aromatic hydroxyl groups is 1. The van der Waals surface area contributed by atoms with Crippen LogP contribution in [0.25, 0.3) is 0 Å². The van der Waals surface area contributed by atoms with Gasteiger partial charge in [0, 0.05) is 18.1 Å². The number of fused-ring (bicyclic) bond motifs is 1. The molecule has 1 heterocycles. The number of aliphatic hydroxyl groups is 1. The van der Waals surface area contributed by atoms with Gasteiger partial charge in [0.15, 0.2) is 11.5 Å². The second kappa shape index (κ2) is 5.43. The van der Waals surface area contributed by atoms with Crippen molar-refractivity contribution in [3.05, 3.63) is 53.6 Å². The lowest BCUT2D eigenvalue weighted by molar-refractivity contribution is 0.132. The quantitative estimate of drug-likeness (QED) is 0.896. The van der Waals surface area contributed by atoms with E-state index in [0.29, 0.717) is 24.5 Å². The van der Waals surface area contributed by atoms with E-state index in [9.17, 15) is 5.11 Å². The maximum absolute atomic E-state index is 9.94. The zero-order chi connectivity index (χ0) is 13.9. The van der Waals surface area contributed by atoms with Gasteiger partial charge in [-0.25, -0.2) is 0 Å². The molecule has 0 saturated carbocycles. The van der Waals surface area contributed by atoms with E-state index in [4.69, 9.17) is 14.6 Å². The van der Waals surface area contributed by atoms with Crippen LogP contribution in [-0.2, 0) is 13.0 Å². The van der Waals surface area contributed by atoms with Gasteiger partial charge in [0.1, 0.15) is 18.5 Å². The molecule has 0 aromatic heterocycles. The predicted octanol–water partition coefficient (Wildman–Crippen LogP) is 2.27. The molecule has 1 aliphatic rings. The molecule has 2 N–H and O–H groups in total. The first kappa shape index (κ1) is 12.8. The Morgan fingerprint density at radius 2 is 2.00 bits per heavy atom. The van der Waals surface area contributed by atoms with Crippen molar-refractivity contribution in [2.75, 3.05) is 6.61 Å². The molecule has 0 fully saturated rings. The van der Waals surface area contributed by atoms with E-state index in [-0.39, 0.29) is 18.5 Å². The summed E-state index contributed by atoms with van der Waals surface area (Å²) >= 11 is 0. The van der Waals surface area contributed by atoms with E-state index in [1.54, 1.807) is 6.07 Å². The summed E-state index contributed by atoms with van der Waals surface area (Å²) in [6, 6.07) is 13.2. The van der Waals surface area contributed by atoms with Crippen LogP contribution in [0.5, 0.6) is 17.2 Å². The molecular weight excluding hydrogens is 256 g/mol. The highest BCUT2D eigenvalue weighted by Crippen LogP contribution is 2.40. The second-order valence-electron chi connectivity index (χ2n) is 4.83. The van der Waals surface area contributed by atoms with E-state index in [0.717, 1.165) is 11.1 Å². The number of rotatable bonds is 4. The predicted molar refractivity (Wildman–Crippen MR) is 74.1 cm³/mol. The number of hydrogen-bond acceptors (Lipinski definition) is 4. The lowest BCUT2D eigenvalue weighted by Crippen LogP contribution is -2.17. The molecule has 1 aliphatic heterocycles. The highest BCUT2D eigenvalue weighted by Gasteiger charge is 2.26. The van der Waals surface area contributed by atoms with Crippen molar-refractivity contribution in [1.82, 2.24) is 0 Å². The first-order chi connectivity index (χ1) is 9.76. The molecule has 0 amide bonds. The third kappa shape index (κ3) is 2.56. The zero-order valence-corrected chi connectivity index (χ0v) is 11.0. The minimum atomic E-state index is -0.278. The fraction of sp³-hybridized carbons (Fsp3) is 0.250. The van der Waals surface area contributed by atoms with Gasteiger partial charge in [0.05, 0.1) is 6.61 Å². The lowest BCUT2D eigenvalue weighted by Gasteiger charge is -2.09. The number of phenols is 1. The van der Waals surface area contributed by atoms with Gasteiger partial charge in [-0.1, -0.05) is 30.3 Å². The molecule has 3 rings (SSSR count). The molecular formula is C16H16O4. The Balaban J connectivity index is 1.74. The van der Waals surface area contributed by atoms with Crippen molar-refractivity contribution < 1.29 is 19.7 Å². The Morgan fingerprint density at radius 3 is 2.75 bits per heavy atom. The summed E-state index contributed by atoms with van der Waals surface area (Å²) < 4.78 is 11.1. The normalized spacial score (nSPS) is 16.6. The van der Waals surface area contributed by atoms with Crippen molar-refractivity contribution in [3.8, 4) is 17.2 Å². The Hall–Kier alpha value is -2.20. The third-order valence-electron chi connectivity index (χ3n) is 3.30. The first-order valence-electron chi connectivity index (χ1n) is 6.56. The maximum atomic E-state index is 9.94. The van der Waals surface area contributed by atoms with Crippen LogP contribution < -0.4 is 9.47 Å². The molecule has 2 aromatic carbocycles. The molecule has 2 aromatic rings. The minimum Gasteiger partial charge on any atom is -0.504 e. The number of hydrogen-bond donors (Lipinski definition) is 2. The van der Waals surface area contributed by atoms with Crippen LogP contribution in [0, 0.1) is 0 Å². The molecule has 104 valence electrons. The first-order valence-corrected chi connectivity index (χ1v) is 6.56. The van der Waals surface area contributed by atoms with Crippen molar-refractivity contribution in [3.63, 3.8) is 0 Å². The van der Waals surface area contributed by atoms with E-state index in [2.05, 4.69) is 0 Å². The van der Waals surface area contributed by atoms with Gasteiger partial charge in [0.2, 0.25) is 0 Å². The van der Waals surface area contributed by atoms with Gasteiger partial charge in [0.25, 0.3) is 0 Å². The zero-order valence-electron chi connectivity index (χ0n) is 11.0. The molecule has 0 radical (unpaired) electrons. The topological polar surface area (TPSA) is 58.9 Å². The number of benzene rings is 2. The van der Waals surface area contributed by atoms with Gasteiger partial charge in [-0.2, -0.15) is 0 Å². The van der Waals surface area contributed by atoms with Crippen LogP contribution in [0.2, 0.25) is 0 Å². The summed E-state index contributed by atoms with van der Waals surface area (Å²) in [5.74, 6) is 1.12. The Morgan fingerprint density at radius 1 is 1.20 bits per heavy atom. The van der Waals surface area contributed by atoms with Gasteiger partial charge in [-0.05, 0) is 11.6 Å². The van der Waals surface area contributed by atoms with Crippen molar-refractivity contribution in [2.45, 2.75) is 19.1 Å². The molecule has 0 aliphatic carbocycles. The highest BCUT2D eigenvalue weighted by molar-refractivity contribution is 5.53. The number of ether oxygens (including phenoxy) is 2. The third-order valence-corrected chi connectivity index (χ3v) is 3.30. The van der Waals surface area contributed by atoms with E-state index < -0.39 is 0 Å². The molecule has 1 unspecified atom stereocenters. The van der Waals surface area contributed by atoms with Crippen LogP contribution in [0.4, 0.5) is 0 Å². The van der Waals surface area contributed by atoms with Gasteiger partial charge < -0.3 is 19.7 Å². The lowest BCUT2D eigenvalue weighted by atomic mass is 10.1. The average molecular weight is 272 g/mol. The summed E-state index contributed by atoms with van der Waals surface area (Å²) in [7, 11) is 0. The number of phenolic OH excluding ortho intramolecular Hbond substituents is 1. The Labute approximate surface area is 117 Å². The van der Waals surface area contributed by atoms with E-state index in [1.807, 2.05) is 36.4 Å². The summed E-state index contributed by atoms with van der Waals surface area (Å²) in [5.41, 5.74) is 1.93. The average Bonchev–Trinajstić information content (AvgIpc) is 2.90. The number of aliphatic hydroxyl groups excluding tert-OH is 1. The van der Waals surface area contributed by atoms with Crippen LogP contribution in [-0.4, -0.2) is 22.9 Å². The van der Waals surface area contributed by atoms with E-state index in [1.165, 1.54) is 0 Å². The van der Waals surface area contributed by atoms with E-state index >= 15 is 0 Å². The summed E-state index contributed by atoms with van der Waals surface area (Å²) in [5, 5.41) is 19.0. The second-order valence-corrected chi connectivity index (χ2v) is 4.83. The smallest absolute Gasteiger partial charge is 0.165 e. The largest absolute Gasteiger partial charge is 0.504 e. The van der Waals surface area contributed by atoms with Gasteiger partial charge >= 0.3 is 0 Å². The van der Waals surface area contributed by atoms with Crippen molar-refractivity contribution in [2.24, 2.45) is 0 Å². The van der Waals surface area contributed by atoms with Crippen LogP contribution in [0.3, 0.4) is 0 Å². The molecule has 0 bridgehead atoms. The molecule has 1 atom stereocenters. The van der Waals surface area contributed by atoms with Crippen molar-refractivity contribution >= 4 is 0 Å². The highest BCUT2D eigenvalue weighted by atomic mass is 16.5. The molecule has 0 saturated heterocycles. The van der Waals surface area contributed by atoms with Crippen molar-refractivity contribution in [1.29, 1.82) is 0 Å². The summed E-state index contributed by atoms with van der Waals surface area (Å²) in [6.07, 6.45) is 0.308. The van der Waals surface area contributed by atoms with Gasteiger partial charge in [-0.3, -0.25) is 0 Å². The SMILES string of the molecule is OCC1Cc2cc(OCc3ccccc3)cc(O)c2O1. The minimum absolute atomic E-state index is 0.0570. The summed E-state index contributed by atoms with van der Waals surface area (Å²) in [6.45, 7) is 0.387. The Kier molecular flexibility index (Phi) is 3.48. The van der Waals surface area contributed by atoms with Gasteiger partial charge in [-0.15, -0.1) is 0 Å². The molecule has 0 spiro atoms.